The summed E-state index contributed by atoms with van der Waals surface area (Å²) >= 11 is -1.42. The molecule has 118 heavy (non-hydrogen) atoms. The molecule has 16 rings (SSSR count). The van der Waals surface area contributed by atoms with Gasteiger partial charge in [0.25, 0.3) is 0 Å². The van der Waals surface area contributed by atoms with Gasteiger partial charge in [0, 0.05) is 19.5 Å². The predicted octanol–water partition coefficient (Wildman–Crippen LogP) is 19.7. The topological polar surface area (TPSA) is 12.0 Å². The summed E-state index contributed by atoms with van der Waals surface area (Å²) in [4.78, 5) is 0. The molecule has 0 heterocycles. The first-order chi connectivity index (χ1) is 55.2. The Morgan fingerprint density at radius 2 is 0.331 bits per heavy atom. The van der Waals surface area contributed by atoms with Crippen molar-refractivity contribution < 1.29 is 73.9 Å². The molecule has 1 nitrogen and oxygen atoms in total. The maximum absolute atomic E-state index is 4.39. The van der Waals surface area contributed by atoms with Gasteiger partial charge in [0.15, 0.2) is 0 Å². The van der Waals surface area contributed by atoms with Crippen LogP contribution < -0.4 is 81.4 Å². The van der Waals surface area contributed by atoms with Crippen LogP contribution in [-0.4, -0.2) is 14.1 Å². The number of nitrogens with one attached hydrogen (secondary N) is 1. The molecule has 0 aromatic heterocycles. The van der Waals surface area contributed by atoms with Crippen molar-refractivity contribution in [3.63, 3.8) is 0 Å². The van der Waals surface area contributed by atoms with Crippen molar-refractivity contribution in [3.8, 4) is 22.3 Å². The van der Waals surface area contributed by atoms with Crippen molar-refractivity contribution in [2.45, 2.75) is 111 Å². The van der Waals surface area contributed by atoms with E-state index in [0.717, 1.165) is 0 Å². The summed E-state index contributed by atoms with van der Waals surface area (Å²) in [5.74, 6) is 0. The molecule has 0 bridgehead atoms. The summed E-state index contributed by atoms with van der Waals surface area (Å²) in [6.07, 6.45) is 0. The molecule has 0 aliphatic heterocycles. The summed E-state index contributed by atoms with van der Waals surface area (Å²) in [6, 6.07) is 113. The molecule has 606 valence electrons. The van der Waals surface area contributed by atoms with E-state index in [9.17, 15) is 0 Å². The third-order valence-electron chi connectivity index (χ3n) is 20.8. The normalized spacial score (nSPS) is 11.2. The van der Waals surface area contributed by atoms with E-state index in [1.165, 1.54) is 218 Å². The number of halogens is 5. The van der Waals surface area contributed by atoms with Crippen LogP contribution in [0.3, 0.4) is 0 Å². The molecule has 0 spiro atoms. The van der Waals surface area contributed by atoms with Crippen LogP contribution >= 0.6 is 44.1 Å². The summed E-state index contributed by atoms with van der Waals surface area (Å²) in [6.45, 7) is 35.9. The maximum Gasteiger partial charge on any atom is 0 e. The minimum absolute atomic E-state index is 0. The second kappa shape index (κ2) is 41.7. The minimum atomic E-state index is -1.42. The number of benzene rings is 16. The van der Waals surface area contributed by atoms with Crippen LogP contribution in [0.1, 0.15) is 89.0 Å². The fraction of sp³-hybridized carbons (Fsp3) is 0.170. The van der Waals surface area contributed by atoms with Crippen molar-refractivity contribution >= 4 is 151 Å². The van der Waals surface area contributed by atoms with Gasteiger partial charge < -0.3 is 17.7 Å². The average Bonchev–Trinajstić information content (AvgIpc) is 0.732. The number of hydrogen-bond donors (Lipinski definition) is 1. The van der Waals surface area contributed by atoms with Gasteiger partial charge in [-0.3, -0.25) is 0 Å². The molecule has 1 N–H and O–H groups in total. The van der Waals surface area contributed by atoms with Gasteiger partial charge in [-0.25, -0.2) is 0 Å². The quantitative estimate of drug-likeness (QED) is 0.0845. The van der Waals surface area contributed by atoms with Gasteiger partial charge >= 0.3 is 42.1 Å². The van der Waals surface area contributed by atoms with E-state index in [4.69, 9.17) is 0 Å². The fourth-order valence-electron chi connectivity index (χ4n) is 17.2. The van der Waals surface area contributed by atoms with Crippen molar-refractivity contribution in [1.82, 2.24) is 5.32 Å². The first-order valence-electron chi connectivity index (χ1n) is 39.4. The van der Waals surface area contributed by atoms with Crippen molar-refractivity contribution in [2.75, 3.05) is 14.1 Å². The number of rotatable bonds is 14. The SMILES string of the molecule is CNC.Cc1cc(C)cc(P(c2cc(C)cc(C)c2)c2ccc3ccccc3c2-c2c(P(c3cc(C)cc(C)c3)c3cc(C)cc(C)c3)ccc3ccccc23)c1.Cc1cc(C)cc(P(c2cc(C)cc(C)c2)c2ccc3ccccc3c2-c2c(P(c3cc(C)cc(C)c3)c3cc(C)cc(C)c3)ccc3ccccc23)c1.Cl.[Cl-].[ClH+][Ru-]([ClH+])[ClH+].[Ru]. The first-order valence-corrected chi connectivity index (χ1v) is 52.0. The predicted molar refractivity (Wildman–Crippen MR) is 511 cm³/mol. The molecule has 0 unspecified atom stereocenters. The third-order valence-corrected chi connectivity index (χ3v) is 30.4. The van der Waals surface area contributed by atoms with Crippen LogP contribution in [0.15, 0.2) is 291 Å². The molecule has 16 aromatic rings. The molecule has 0 fully saturated rings. The van der Waals surface area contributed by atoms with Crippen molar-refractivity contribution in [1.29, 1.82) is 0 Å². The van der Waals surface area contributed by atoms with Crippen LogP contribution in [0.5, 0.6) is 0 Å². The van der Waals surface area contributed by atoms with E-state index in [2.05, 4.69) is 436 Å². The fourth-order valence-corrected chi connectivity index (χ4v) is 28.6. The Balaban J connectivity index is 0.000000225. The molecule has 0 saturated carbocycles. The molecule has 12 heteroatoms. The van der Waals surface area contributed by atoms with Gasteiger partial charge in [-0.05, 0) is 286 Å². The van der Waals surface area contributed by atoms with E-state index in [-0.39, 0.29) is 44.3 Å². The molecule has 0 saturated heterocycles. The van der Waals surface area contributed by atoms with E-state index in [1.807, 2.05) is 14.1 Å². The van der Waals surface area contributed by atoms with E-state index >= 15 is 0 Å². The van der Waals surface area contributed by atoms with Gasteiger partial charge in [0.1, 0.15) is 0 Å². The van der Waals surface area contributed by atoms with Crippen LogP contribution in [0.25, 0.3) is 65.3 Å². The average molecular weight is 1900 g/mol. The summed E-state index contributed by atoms with van der Waals surface area (Å²) in [5.41, 5.74) is 26.4. The van der Waals surface area contributed by atoms with Crippen LogP contribution in [0, 0.1) is 140 Å². The van der Waals surface area contributed by atoms with Gasteiger partial charge in [0.05, 0.1) is 0 Å². The molecule has 0 amide bonds. The van der Waals surface area contributed by atoms with E-state index < -0.39 is 44.7 Å². The van der Waals surface area contributed by atoms with Crippen LogP contribution in [0.2, 0.25) is 0 Å². The molecule has 0 aliphatic carbocycles. The zero-order valence-corrected chi connectivity index (χ0v) is 81.8. The largest absolute Gasteiger partial charge is 0 e. The standard InChI is InChI=1S/2C52H48P2.C2H7N.5ClH.2Ru/c2*1-33-21-34(2)26-43(25-33)53(44-27-35(3)22-36(4)28-44)49-19-17-41-13-9-11-15-47(41)51(49)52-48-16-12-10-14-42(48)18-20-50(52)54(45-29-37(5)23-38(6)30-45)46-31-39(7)24-40(8)32-46;1-3-2;;;;;;;/h2*9-32H,1-8H3;3H,1-2H3;5*1H;;/q;;;;;;;;;+2/p-1. The Kier molecular flexibility index (Phi) is 32.9. The molecular formula is C106H107Cl5NP4Ru2+. The summed E-state index contributed by atoms with van der Waals surface area (Å²) < 4.78 is 0. The summed E-state index contributed by atoms with van der Waals surface area (Å²) in [7, 11) is 13.2. The Bertz CT molecular complexity index is 5190. The van der Waals surface area contributed by atoms with E-state index in [0.29, 0.717) is 0 Å². The van der Waals surface area contributed by atoms with E-state index in [1.54, 1.807) is 0 Å². The van der Waals surface area contributed by atoms with Crippen LogP contribution in [-0.2, 0) is 32.5 Å². The number of fused-ring (bicyclic) bond motifs is 4. The second-order valence-corrected chi connectivity index (χ2v) is 49.5. The van der Waals surface area contributed by atoms with Crippen LogP contribution in [0.4, 0.5) is 0 Å². The monoisotopic (exact) mass is 1900 g/mol. The second-order valence-electron chi connectivity index (χ2n) is 31.5. The smallest absolute Gasteiger partial charge is 0 e. The number of aryl methyl sites for hydroxylation is 16. The Morgan fingerprint density at radius 3 is 0.458 bits per heavy atom. The molecule has 0 aliphatic rings. The van der Waals surface area contributed by atoms with Gasteiger partial charge in [-0.15, -0.1) is 12.4 Å². The zero-order chi connectivity index (χ0) is 81.6. The minimum Gasteiger partial charge on any atom is 0 e. The summed E-state index contributed by atoms with van der Waals surface area (Å²) in [5, 5.41) is 29.9. The third kappa shape index (κ3) is 21.9. The van der Waals surface area contributed by atoms with Gasteiger partial charge in [-0.2, -0.15) is 0 Å². The van der Waals surface area contributed by atoms with Crippen molar-refractivity contribution in [2.24, 2.45) is 0 Å². The molecular weight excluding hydrogens is 1790 g/mol. The number of hydrogen-bond acceptors (Lipinski definition) is 1. The van der Waals surface area contributed by atoms with Gasteiger partial charge in [-0.1, -0.05) is 380 Å². The van der Waals surface area contributed by atoms with Gasteiger partial charge in [0.2, 0.25) is 0 Å². The first kappa shape index (κ1) is 93.2. The Labute approximate surface area is 750 Å². The maximum atomic E-state index is 4.39. The van der Waals surface area contributed by atoms with Crippen molar-refractivity contribution in [3.05, 3.63) is 380 Å². The molecule has 0 radical (unpaired) electrons. The Hall–Kier alpha value is -7.06. The molecule has 0 atom stereocenters. The molecule has 16 aromatic carbocycles. The zero-order valence-electron chi connectivity index (χ0n) is 70.7. The Morgan fingerprint density at radius 1 is 0.212 bits per heavy atom.